The maximum atomic E-state index is 10.3. The largest absolute Gasteiger partial charge is 0.481 e. The summed E-state index contributed by atoms with van der Waals surface area (Å²) in [5.74, 6) is -0.619. The van der Waals surface area contributed by atoms with Crippen LogP contribution < -0.4 is 0 Å². The van der Waals surface area contributed by atoms with Gasteiger partial charge < -0.3 is 9.84 Å². The van der Waals surface area contributed by atoms with Crippen LogP contribution in [0.25, 0.3) is 0 Å². The number of rotatable bonds is 0. The summed E-state index contributed by atoms with van der Waals surface area (Å²) < 4.78 is 4.26. The fraction of sp³-hybridized carbons (Fsp3) is 0.400. The second-order valence-corrected chi connectivity index (χ2v) is 1.56. The Morgan fingerprint density at radius 2 is 2.50 bits per heavy atom. The highest BCUT2D eigenvalue weighted by molar-refractivity contribution is 5.71. The van der Waals surface area contributed by atoms with Crippen molar-refractivity contribution in [1.82, 2.24) is 0 Å². The molecule has 1 aliphatic rings. The van der Waals surface area contributed by atoms with E-state index in [1.54, 1.807) is 0 Å². The summed E-state index contributed by atoms with van der Waals surface area (Å²) in [7, 11) is 0. The molecule has 1 rings (SSSR count). The van der Waals surface area contributed by atoms with Gasteiger partial charge in [-0.2, -0.15) is 0 Å². The smallest absolute Gasteiger partial charge is 0.313 e. The maximum absolute atomic E-state index is 10.3. The quantitative estimate of drug-likeness (QED) is 0.472. The molecular weight excluding hydrogens is 108 g/mol. The Morgan fingerprint density at radius 1 is 1.75 bits per heavy atom. The Morgan fingerprint density at radius 3 is 2.88 bits per heavy atom. The van der Waals surface area contributed by atoms with Crippen LogP contribution in [0.2, 0.25) is 0 Å². The van der Waals surface area contributed by atoms with Crippen LogP contribution in [0, 0.1) is 0 Å². The lowest BCUT2D eigenvalue weighted by atomic mass is 10.3. The van der Waals surface area contributed by atoms with Gasteiger partial charge in [-0.1, -0.05) is 0 Å². The number of esters is 1. The number of ether oxygens (including phenoxy) is 1. The summed E-state index contributed by atoms with van der Waals surface area (Å²) in [4.78, 5) is 10.3. The lowest BCUT2D eigenvalue weighted by molar-refractivity contribution is -0.144. The molecule has 0 aromatic carbocycles. The number of allylic oxidation sites excluding steroid dienone is 1. The van der Waals surface area contributed by atoms with Crippen molar-refractivity contribution in [2.45, 2.75) is 12.8 Å². The molecule has 44 valence electrons. The molecule has 0 saturated carbocycles. The molecule has 0 aromatic heterocycles. The molecule has 0 saturated heterocycles. The number of aliphatic hydroxyl groups excluding tert-OH is 1. The first kappa shape index (κ1) is 5.15. The zero-order valence-electron chi connectivity index (χ0n) is 4.26. The number of carbonyl (C=O) groups excluding carboxylic acids is 1. The summed E-state index contributed by atoms with van der Waals surface area (Å²) in [6, 6.07) is 0. The van der Waals surface area contributed by atoms with E-state index in [0.717, 1.165) is 0 Å². The maximum Gasteiger partial charge on any atom is 0.313 e. The monoisotopic (exact) mass is 114 g/mol. The number of carbonyl (C=O) groups is 1. The summed E-state index contributed by atoms with van der Waals surface area (Å²) in [6.07, 6.45) is 2.44. The molecule has 0 aromatic rings. The molecule has 0 unspecified atom stereocenters. The Labute approximate surface area is 46.6 Å². The second kappa shape index (κ2) is 1.86. The van der Waals surface area contributed by atoms with Gasteiger partial charge >= 0.3 is 5.97 Å². The van der Waals surface area contributed by atoms with Crippen molar-refractivity contribution in [3.05, 3.63) is 12.0 Å². The van der Waals surface area contributed by atoms with Gasteiger partial charge in [0, 0.05) is 6.42 Å². The van der Waals surface area contributed by atoms with Crippen molar-refractivity contribution >= 4 is 5.97 Å². The second-order valence-electron chi connectivity index (χ2n) is 1.56. The molecule has 0 aliphatic carbocycles. The van der Waals surface area contributed by atoms with Crippen LogP contribution in [0.3, 0.4) is 0 Å². The molecule has 0 spiro atoms. The van der Waals surface area contributed by atoms with E-state index in [0.29, 0.717) is 12.8 Å². The third-order valence-electron chi connectivity index (χ3n) is 0.886. The minimum absolute atomic E-state index is 0.263. The number of aliphatic hydroxyl groups is 1. The van der Waals surface area contributed by atoms with E-state index in [-0.39, 0.29) is 11.9 Å². The predicted molar refractivity (Wildman–Crippen MR) is 26.0 cm³/mol. The van der Waals surface area contributed by atoms with Gasteiger partial charge in [0.1, 0.15) is 0 Å². The lowest BCUT2D eigenvalue weighted by Crippen LogP contribution is -2.07. The predicted octanol–water partition coefficient (Wildman–Crippen LogP) is 0.723. The van der Waals surface area contributed by atoms with Crippen LogP contribution in [0.4, 0.5) is 0 Å². The Bertz CT molecular complexity index is 137. The Hall–Kier alpha value is -0.990. The first-order valence-electron chi connectivity index (χ1n) is 2.39. The van der Waals surface area contributed by atoms with E-state index < -0.39 is 0 Å². The van der Waals surface area contributed by atoms with Crippen LogP contribution >= 0.6 is 0 Å². The van der Waals surface area contributed by atoms with Crippen molar-refractivity contribution in [1.29, 1.82) is 0 Å². The van der Waals surface area contributed by atoms with Gasteiger partial charge in [0.2, 0.25) is 0 Å². The van der Waals surface area contributed by atoms with Gasteiger partial charge in [-0.25, -0.2) is 0 Å². The normalized spacial score (nSPS) is 19.5. The SMILES string of the molecule is O=C1CCC=C(O)O1. The highest BCUT2D eigenvalue weighted by atomic mass is 16.6. The minimum atomic E-state index is -0.356. The molecule has 8 heavy (non-hydrogen) atoms. The van der Waals surface area contributed by atoms with Crippen molar-refractivity contribution < 1.29 is 14.6 Å². The average Bonchev–Trinajstić information content (AvgIpc) is 1.64. The average molecular weight is 114 g/mol. The van der Waals surface area contributed by atoms with Gasteiger partial charge in [0.15, 0.2) is 0 Å². The van der Waals surface area contributed by atoms with E-state index in [4.69, 9.17) is 5.11 Å². The number of hydrogen-bond acceptors (Lipinski definition) is 3. The molecule has 0 bridgehead atoms. The van der Waals surface area contributed by atoms with E-state index in [1.165, 1.54) is 6.08 Å². The Kier molecular flexibility index (Phi) is 1.20. The molecule has 3 nitrogen and oxygen atoms in total. The van der Waals surface area contributed by atoms with Gasteiger partial charge in [-0.3, -0.25) is 4.79 Å². The van der Waals surface area contributed by atoms with Crippen molar-refractivity contribution in [3.63, 3.8) is 0 Å². The first-order chi connectivity index (χ1) is 3.79. The molecule has 0 radical (unpaired) electrons. The van der Waals surface area contributed by atoms with Crippen LogP contribution in [0.1, 0.15) is 12.8 Å². The third kappa shape index (κ3) is 0.992. The fourth-order valence-corrected chi connectivity index (χ4v) is 0.523. The van der Waals surface area contributed by atoms with Crippen LogP contribution in [0.15, 0.2) is 12.0 Å². The van der Waals surface area contributed by atoms with Crippen LogP contribution in [-0.2, 0) is 9.53 Å². The van der Waals surface area contributed by atoms with Crippen molar-refractivity contribution in [2.24, 2.45) is 0 Å². The van der Waals surface area contributed by atoms with Gasteiger partial charge in [0.05, 0.1) is 0 Å². The number of cyclic esters (lactones) is 1. The molecule has 1 aliphatic heterocycles. The van der Waals surface area contributed by atoms with Crippen molar-refractivity contribution in [3.8, 4) is 0 Å². The summed E-state index contributed by atoms with van der Waals surface area (Å²) in [6.45, 7) is 0. The van der Waals surface area contributed by atoms with E-state index in [9.17, 15) is 4.79 Å². The third-order valence-corrected chi connectivity index (χ3v) is 0.886. The van der Waals surface area contributed by atoms with E-state index >= 15 is 0 Å². The minimum Gasteiger partial charge on any atom is -0.481 e. The molecule has 0 fully saturated rings. The number of hydrogen-bond donors (Lipinski definition) is 1. The zero-order chi connectivity index (χ0) is 5.98. The molecule has 0 atom stereocenters. The Balaban J connectivity index is 2.57. The first-order valence-corrected chi connectivity index (χ1v) is 2.39. The van der Waals surface area contributed by atoms with Gasteiger partial charge in [-0.05, 0) is 12.5 Å². The molecule has 0 amide bonds. The lowest BCUT2D eigenvalue weighted by Gasteiger charge is -2.05. The van der Waals surface area contributed by atoms with Crippen molar-refractivity contribution in [2.75, 3.05) is 0 Å². The standard InChI is InChI=1S/C5H6O3/c6-4-2-1-3-5(7)8-4/h2,6H,1,3H2. The molecule has 1 heterocycles. The van der Waals surface area contributed by atoms with Crippen LogP contribution in [0.5, 0.6) is 0 Å². The molecule has 3 heteroatoms. The zero-order valence-corrected chi connectivity index (χ0v) is 4.26. The molecule has 1 N–H and O–H groups in total. The molecular formula is C5H6O3. The van der Waals surface area contributed by atoms with Gasteiger partial charge in [-0.15, -0.1) is 0 Å². The highest BCUT2D eigenvalue weighted by Gasteiger charge is 2.09. The summed E-state index contributed by atoms with van der Waals surface area (Å²) >= 11 is 0. The topological polar surface area (TPSA) is 46.5 Å². The summed E-state index contributed by atoms with van der Waals surface area (Å²) in [5.41, 5.74) is 0. The fourth-order valence-electron chi connectivity index (χ4n) is 0.523. The van der Waals surface area contributed by atoms with E-state index in [1.807, 2.05) is 0 Å². The van der Waals surface area contributed by atoms with Crippen LogP contribution in [-0.4, -0.2) is 11.1 Å². The highest BCUT2D eigenvalue weighted by Crippen LogP contribution is 2.07. The van der Waals surface area contributed by atoms with E-state index in [2.05, 4.69) is 4.74 Å². The van der Waals surface area contributed by atoms with Gasteiger partial charge in [0.25, 0.3) is 5.95 Å². The summed E-state index contributed by atoms with van der Waals surface area (Å²) in [5, 5.41) is 8.50.